The van der Waals surface area contributed by atoms with Crippen LogP contribution in [-0.2, 0) is 4.74 Å². The molecule has 1 aliphatic heterocycles. The van der Waals surface area contributed by atoms with Gasteiger partial charge in [-0.1, -0.05) is 34.7 Å². The Hall–Kier alpha value is -3.10. The minimum Gasteiger partial charge on any atom is -0.490 e. The third-order valence-electron chi connectivity index (χ3n) is 5.62. The second kappa shape index (κ2) is 10.4. The minimum atomic E-state index is -0.619. The number of carbonyl (C=O) groups excluding carboxylic acids is 1. The van der Waals surface area contributed by atoms with Crippen LogP contribution in [0.3, 0.4) is 0 Å². The van der Waals surface area contributed by atoms with Gasteiger partial charge in [-0.25, -0.2) is 0 Å². The maximum atomic E-state index is 13.6. The zero-order chi connectivity index (χ0) is 24.2. The topological polar surface area (TPSA) is 78.2 Å². The van der Waals surface area contributed by atoms with Gasteiger partial charge in [0.15, 0.2) is 16.9 Å². The molecule has 0 saturated carbocycles. The first kappa shape index (κ1) is 24.0. The normalized spacial score (nSPS) is 15.0. The van der Waals surface area contributed by atoms with Gasteiger partial charge in [0.1, 0.15) is 12.2 Å². The Bertz CT molecular complexity index is 1280. The molecule has 34 heavy (non-hydrogen) atoms. The van der Waals surface area contributed by atoms with Crippen molar-refractivity contribution in [3.63, 3.8) is 0 Å². The molecule has 0 N–H and O–H groups in total. The minimum absolute atomic E-state index is 0.0761. The zero-order valence-electron chi connectivity index (χ0n) is 19.1. The average Bonchev–Trinajstić information content (AvgIpc) is 3.11. The fraction of sp³-hybridized carbons (Fsp3) is 0.308. The zero-order valence-corrected chi connectivity index (χ0v) is 20.7. The van der Waals surface area contributed by atoms with Crippen molar-refractivity contribution in [2.45, 2.75) is 19.4 Å². The van der Waals surface area contributed by atoms with Crippen molar-refractivity contribution in [1.82, 2.24) is 4.90 Å². The van der Waals surface area contributed by atoms with Crippen LogP contribution in [0.4, 0.5) is 0 Å². The maximum absolute atomic E-state index is 13.6. The van der Waals surface area contributed by atoms with Crippen LogP contribution in [0, 0.1) is 0 Å². The Morgan fingerprint density at radius 2 is 1.97 bits per heavy atom. The number of benzene rings is 2. The van der Waals surface area contributed by atoms with Gasteiger partial charge in [0, 0.05) is 24.7 Å². The van der Waals surface area contributed by atoms with Crippen LogP contribution in [0.2, 0.25) is 0 Å². The summed E-state index contributed by atoms with van der Waals surface area (Å²) < 4.78 is 23.5. The lowest BCUT2D eigenvalue weighted by Gasteiger charge is -2.26. The summed E-state index contributed by atoms with van der Waals surface area (Å²) in [5.41, 5.74) is 1.21. The SMILES string of the molecule is C=CCOc1ccc(C2c3c(oc4ccc(Br)cc4c3=O)C(=O)N2CCCOC)cc1OCC. The quantitative estimate of drug-likeness (QED) is 0.269. The van der Waals surface area contributed by atoms with Gasteiger partial charge >= 0.3 is 0 Å². The molecule has 0 saturated heterocycles. The number of hydrogen-bond acceptors (Lipinski definition) is 6. The van der Waals surface area contributed by atoms with Gasteiger partial charge in [-0.15, -0.1) is 0 Å². The molecular formula is C26H26BrNO6. The smallest absolute Gasteiger partial charge is 0.290 e. The van der Waals surface area contributed by atoms with E-state index in [0.29, 0.717) is 60.8 Å². The predicted octanol–water partition coefficient (Wildman–Crippen LogP) is 5.10. The largest absolute Gasteiger partial charge is 0.490 e. The van der Waals surface area contributed by atoms with Gasteiger partial charge in [-0.3, -0.25) is 9.59 Å². The van der Waals surface area contributed by atoms with Gasteiger partial charge in [-0.05, 0) is 49.2 Å². The molecule has 1 aromatic heterocycles. The molecule has 0 radical (unpaired) electrons. The van der Waals surface area contributed by atoms with Gasteiger partial charge in [-0.2, -0.15) is 0 Å². The highest BCUT2D eigenvalue weighted by Gasteiger charge is 2.42. The van der Waals surface area contributed by atoms with Crippen LogP contribution in [0.5, 0.6) is 11.5 Å². The maximum Gasteiger partial charge on any atom is 0.290 e. The van der Waals surface area contributed by atoms with Crippen molar-refractivity contribution in [3.8, 4) is 11.5 Å². The number of amides is 1. The fourth-order valence-electron chi connectivity index (χ4n) is 4.18. The monoisotopic (exact) mass is 527 g/mol. The van der Waals surface area contributed by atoms with Crippen molar-refractivity contribution in [1.29, 1.82) is 0 Å². The molecule has 0 spiro atoms. The van der Waals surface area contributed by atoms with Crippen LogP contribution in [0.1, 0.15) is 41.1 Å². The summed E-state index contributed by atoms with van der Waals surface area (Å²) in [5.74, 6) is 0.859. The van der Waals surface area contributed by atoms with Gasteiger partial charge in [0.25, 0.3) is 5.91 Å². The first-order valence-corrected chi connectivity index (χ1v) is 11.9. The Kier molecular flexibility index (Phi) is 7.38. The highest BCUT2D eigenvalue weighted by Crippen LogP contribution is 2.41. The third-order valence-corrected chi connectivity index (χ3v) is 6.11. The number of hydrogen-bond donors (Lipinski definition) is 0. The van der Waals surface area contributed by atoms with E-state index < -0.39 is 6.04 Å². The molecule has 1 amide bonds. The summed E-state index contributed by atoms with van der Waals surface area (Å²) in [5, 5.41) is 0.417. The molecule has 4 rings (SSSR count). The molecule has 1 unspecified atom stereocenters. The van der Waals surface area contributed by atoms with E-state index >= 15 is 0 Å². The Morgan fingerprint density at radius 3 is 2.71 bits per heavy atom. The third kappa shape index (κ3) is 4.48. The number of methoxy groups -OCH3 is 1. The van der Waals surface area contributed by atoms with E-state index in [1.165, 1.54) is 0 Å². The van der Waals surface area contributed by atoms with Crippen LogP contribution in [0.15, 0.2) is 62.7 Å². The second-order valence-corrected chi connectivity index (χ2v) is 8.72. The molecule has 7 nitrogen and oxygen atoms in total. The number of rotatable bonds is 10. The highest BCUT2D eigenvalue weighted by atomic mass is 79.9. The Balaban J connectivity index is 1.88. The van der Waals surface area contributed by atoms with Crippen molar-refractivity contribution in [3.05, 3.63) is 80.6 Å². The fourth-order valence-corrected chi connectivity index (χ4v) is 4.54. The number of nitrogens with zero attached hydrogens (tertiary/aromatic N) is 1. The van der Waals surface area contributed by atoms with Crippen LogP contribution in [-0.4, -0.2) is 44.3 Å². The van der Waals surface area contributed by atoms with E-state index in [0.717, 1.165) is 10.0 Å². The summed E-state index contributed by atoms with van der Waals surface area (Å²) in [7, 11) is 1.62. The standard InChI is InChI=1S/C26H26BrNO6/c1-4-12-33-20-9-7-16(14-21(20)32-5-2)23-22-24(29)18-15-17(27)8-10-19(18)34-25(22)26(30)28(23)11-6-13-31-3/h4,7-10,14-15,23H,1,5-6,11-13H2,2-3H3. The van der Waals surface area contributed by atoms with Crippen molar-refractivity contribution in [2.24, 2.45) is 0 Å². The van der Waals surface area contributed by atoms with Crippen LogP contribution < -0.4 is 14.9 Å². The molecule has 2 aromatic carbocycles. The van der Waals surface area contributed by atoms with Gasteiger partial charge in [0.05, 0.1) is 23.6 Å². The lowest BCUT2D eigenvalue weighted by Crippen LogP contribution is -2.31. The van der Waals surface area contributed by atoms with E-state index in [1.807, 2.05) is 19.1 Å². The summed E-state index contributed by atoms with van der Waals surface area (Å²) in [4.78, 5) is 28.7. The lowest BCUT2D eigenvalue weighted by molar-refractivity contribution is 0.0707. The summed E-state index contributed by atoms with van der Waals surface area (Å²) in [6.07, 6.45) is 2.27. The van der Waals surface area contributed by atoms with Gasteiger partial charge in [0.2, 0.25) is 5.76 Å². The number of carbonyl (C=O) groups is 1. The molecule has 2 heterocycles. The molecule has 0 fully saturated rings. The molecule has 1 aliphatic rings. The van der Waals surface area contributed by atoms with Crippen molar-refractivity contribution >= 4 is 32.8 Å². The van der Waals surface area contributed by atoms with E-state index in [2.05, 4.69) is 22.5 Å². The summed E-state index contributed by atoms with van der Waals surface area (Å²) in [6.45, 7) is 7.22. The van der Waals surface area contributed by atoms with E-state index in [4.69, 9.17) is 18.6 Å². The summed E-state index contributed by atoms with van der Waals surface area (Å²) >= 11 is 3.42. The van der Waals surface area contributed by atoms with E-state index in [-0.39, 0.29) is 17.1 Å². The first-order chi connectivity index (χ1) is 16.5. The van der Waals surface area contributed by atoms with Gasteiger partial charge < -0.3 is 23.5 Å². The van der Waals surface area contributed by atoms with Crippen molar-refractivity contribution < 1.29 is 23.4 Å². The van der Waals surface area contributed by atoms with E-state index in [9.17, 15) is 9.59 Å². The van der Waals surface area contributed by atoms with Crippen LogP contribution >= 0.6 is 15.9 Å². The van der Waals surface area contributed by atoms with Crippen molar-refractivity contribution in [2.75, 3.05) is 33.5 Å². The Labute approximate surface area is 206 Å². The molecule has 3 aromatic rings. The number of fused-ring (bicyclic) bond motifs is 2. The number of halogens is 1. The number of ether oxygens (including phenoxy) is 3. The Morgan fingerprint density at radius 1 is 1.15 bits per heavy atom. The average molecular weight is 528 g/mol. The molecule has 178 valence electrons. The highest BCUT2D eigenvalue weighted by molar-refractivity contribution is 9.10. The second-order valence-electron chi connectivity index (χ2n) is 7.80. The molecule has 1 atom stereocenters. The molecule has 0 bridgehead atoms. The lowest BCUT2D eigenvalue weighted by atomic mass is 9.98. The molecule has 8 heteroatoms. The van der Waals surface area contributed by atoms with E-state index in [1.54, 1.807) is 42.4 Å². The predicted molar refractivity (Wildman–Crippen MR) is 133 cm³/mol. The summed E-state index contributed by atoms with van der Waals surface area (Å²) in [6, 6.07) is 10.0. The first-order valence-electron chi connectivity index (χ1n) is 11.1. The van der Waals surface area contributed by atoms with Crippen LogP contribution in [0.25, 0.3) is 11.0 Å². The molecule has 0 aliphatic carbocycles. The molecular weight excluding hydrogens is 502 g/mol.